The molecule has 0 radical (unpaired) electrons. The fraction of sp³-hybridized carbons (Fsp3) is 0.429. The lowest BCUT2D eigenvalue weighted by Gasteiger charge is -2.29. The quantitative estimate of drug-likeness (QED) is 0.714. The minimum absolute atomic E-state index is 1.02. The van der Waals surface area contributed by atoms with Gasteiger partial charge in [-0.15, -0.1) is 6.58 Å². The van der Waals surface area contributed by atoms with Crippen molar-refractivity contribution in [2.45, 2.75) is 32.7 Å². The van der Waals surface area contributed by atoms with Crippen LogP contribution in [0.5, 0.6) is 0 Å². The fourth-order valence-electron chi connectivity index (χ4n) is 2.13. The fourth-order valence-corrected chi connectivity index (χ4v) is 5.72. The summed E-state index contributed by atoms with van der Waals surface area (Å²) < 4.78 is 0. The van der Waals surface area contributed by atoms with Crippen LogP contribution in [-0.4, -0.2) is 14.8 Å². The number of hydrogen-bond acceptors (Lipinski definition) is 1. The van der Waals surface area contributed by atoms with Crippen LogP contribution in [0.3, 0.4) is 0 Å². The SMILES string of the molecule is C=C[Si](CCCC)(NCC)c1ccccc1. The summed E-state index contributed by atoms with van der Waals surface area (Å²) in [5.41, 5.74) is 2.20. The first-order valence-electron chi connectivity index (χ1n) is 6.23. The van der Waals surface area contributed by atoms with Crippen LogP contribution >= 0.6 is 0 Å². The van der Waals surface area contributed by atoms with Crippen molar-refractivity contribution < 1.29 is 0 Å². The second-order valence-corrected chi connectivity index (χ2v) is 7.96. The number of nitrogens with one attached hydrogen (secondary N) is 1. The predicted octanol–water partition coefficient (Wildman–Crippen LogP) is 2.97. The highest BCUT2D eigenvalue weighted by Gasteiger charge is 2.30. The molecule has 1 atom stereocenters. The van der Waals surface area contributed by atoms with Crippen LogP contribution in [-0.2, 0) is 0 Å². The monoisotopic (exact) mass is 233 g/mol. The van der Waals surface area contributed by atoms with Gasteiger partial charge < -0.3 is 4.98 Å². The molecule has 1 aromatic rings. The minimum atomic E-state index is -1.65. The summed E-state index contributed by atoms with van der Waals surface area (Å²) in [5.74, 6) is 0. The third-order valence-electron chi connectivity index (χ3n) is 3.05. The van der Waals surface area contributed by atoms with Gasteiger partial charge in [-0.25, -0.2) is 0 Å². The van der Waals surface area contributed by atoms with Crippen molar-refractivity contribution >= 4 is 13.4 Å². The highest BCUT2D eigenvalue weighted by atomic mass is 28.3. The standard InChI is InChI=1S/C14H23NSi/c1-4-7-13-16(6-3,15-5-2)14-11-9-8-10-12-14/h6,8-12,15H,3-5,7,13H2,1-2H3. The van der Waals surface area contributed by atoms with E-state index in [2.05, 4.69) is 61.4 Å². The molecule has 1 N–H and O–H groups in total. The maximum atomic E-state index is 4.08. The summed E-state index contributed by atoms with van der Waals surface area (Å²) in [7, 11) is -1.65. The van der Waals surface area contributed by atoms with E-state index in [1.54, 1.807) is 0 Å². The van der Waals surface area contributed by atoms with Gasteiger partial charge in [-0.2, -0.15) is 0 Å². The molecule has 0 fully saturated rings. The molecule has 0 aliphatic heterocycles. The van der Waals surface area contributed by atoms with Gasteiger partial charge in [-0.1, -0.05) is 62.7 Å². The molecule has 16 heavy (non-hydrogen) atoms. The zero-order valence-corrected chi connectivity index (χ0v) is 11.5. The van der Waals surface area contributed by atoms with Crippen LogP contribution in [0.15, 0.2) is 42.6 Å². The van der Waals surface area contributed by atoms with Crippen molar-refractivity contribution in [1.29, 1.82) is 0 Å². The van der Waals surface area contributed by atoms with E-state index >= 15 is 0 Å². The molecule has 0 amide bonds. The molecule has 0 spiro atoms. The number of rotatable bonds is 7. The highest BCUT2D eigenvalue weighted by molar-refractivity contribution is 6.93. The smallest absolute Gasteiger partial charge is 0.182 e. The largest absolute Gasteiger partial charge is 0.331 e. The Morgan fingerprint density at radius 3 is 2.44 bits per heavy atom. The molecule has 0 aromatic heterocycles. The number of unbranched alkanes of at least 4 members (excludes halogenated alkanes) is 1. The van der Waals surface area contributed by atoms with Crippen LogP contribution in [0.4, 0.5) is 0 Å². The van der Waals surface area contributed by atoms with Gasteiger partial charge >= 0.3 is 0 Å². The molecule has 2 heteroatoms. The van der Waals surface area contributed by atoms with E-state index in [4.69, 9.17) is 0 Å². The van der Waals surface area contributed by atoms with Gasteiger partial charge in [0.2, 0.25) is 0 Å². The summed E-state index contributed by atoms with van der Waals surface area (Å²) >= 11 is 0. The Kier molecular flexibility index (Phi) is 5.50. The Bertz CT molecular complexity index is 310. The average Bonchev–Trinajstić information content (AvgIpc) is 2.36. The zero-order valence-electron chi connectivity index (χ0n) is 10.5. The molecule has 0 heterocycles. The third kappa shape index (κ3) is 3.06. The molecule has 1 rings (SSSR count). The van der Waals surface area contributed by atoms with E-state index < -0.39 is 8.24 Å². The summed E-state index contributed by atoms with van der Waals surface area (Å²) in [4.78, 5) is 3.72. The average molecular weight is 233 g/mol. The Labute approximate surface area is 101 Å². The molecule has 0 bridgehead atoms. The first kappa shape index (κ1) is 13.2. The van der Waals surface area contributed by atoms with E-state index in [0.29, 0.717) is 0 Å². The molecule has 0 saturated carbocycles. The molecule has 1 unspecified atom stereocenters. The molecule has 0 saturated heterocycles. The van der Waals surface area contributed by atoms with E-state index in [9.17, 15) is 0 Å². The molecule has 0 aliphatic rings. The summed E-state index contributed by atoms with van der Waals surface area (Å²) in [6.45, 7) is 9.53. The summed E-state index contributed by atoms with van der Waals surface area (Å²) in [5, 5.41) is 1.46. The van der Waals surface area contributed by atoms with Gasteiger partial charge in [0.25, 0.3) is 0 Å². The van der Waals surface area contributed by atoms with E-state index in [1.165, 1.54) is 24.1 Å². The third-order valence-corrected chi connectivity index (χ3v) is 7.24. The molecular weight excluding hydrogens is 210 g/mol. The molecule has 1 nitrogen and oxygen atoms in total. The second kappa shape index (κ2) is 6.66. The van der Waals surface area contributed by atoms with Crippen LogP contribution in [0, 0.1) is 0 Å². The topological polar surface area (TPSA) is 12.0 Å². The Hall–Kier alpha value is -0.863. The molecule has 1 aromatic carbocycles. The Morgan fingerprint density at radius 1 is 1.25 bits per heavy atom. The lowest BCUT2D eigenvalue weighted by Crippen LogP contribution is -2.58. The Morgan fingerprint density at radius 2 is 1.94 bits per heavy atom. The normalized spacial score (nSPS) is 14.4. The van der Waals surface area contributed by atoms with Crippen molar-refractivity contribution in [3.63, 3.8) is 0 Å². The molecule has 0 aliphatic carbocycles. The second-order valence-electron chi connectivity index (χ2n) is 4.18. The maximum absolute atomic E-state index is 4.08. The van der Waals surface area contributed by atoms with Gasteiger partial charge in [0, 0.05) is 0 Å². The van der Waals surface area contributed by atoms with Crippen LogP contribution in [0.1, 0.15) is 26.7 Å². The van der Waals surface area contributed by atoms with Gasteiger partial charge in [-0.3, -0.25) is 0 Å². The highest BCUT2D eigenvalue weighted by Crippen LogP contribution is 2.12. The molecular formula is C14H23NSi. The minimum Gasteiger partial charge on any atom is -0.331 e. The number of hydrogen-bond donors (Lipinski definition) is 1. The molecule has 88 valence electrons. The van der Waals surface area contributed by atoms with E-state index in [0.717, 1.165) is 6.54 Å². The van der Waals surface area contributed by atoms with Crippen molar-refractivity contribution in [2.24, 2.45) is 0 Å². The predicted molar refractivity (Wildman–Crippen MR) is 75.4 cm³/mol. The van der Waals surface area contributed by atoms with Crippen molar-refractivity contribution in [2.75, 3.05) is 6.54 Å². The first-order valence-corrected chi connectivity index (χ1v) is 8.51. The summed E-state index contributed by atoms with van der Waals surface area (Å²) in [6, 6.07) is 12.1. The van der Waals surface area contributed by atoms with Crippen LogP contribution in [0.2, 0.25) is 6.04 Å². The Balaban J connectivity index is 2.96. The summed E-state index contributed by atoms with van der Waals surface area (Å²) in [6.07, 6.45) is 2.53. The van der Waals surface area contributed by atoms with Crippen molar-refractivity contribution in [1.82, 2.24) is 4.98 Å². The van der Waals surface area contributed by atoms with Crippen LogP contribution < -0.4 is 10.2 Å². The lowest BCUT2D eigenvalue weighted by molar-refractivity contribution is 0.848. The maximum Gasteiger partial charge on any atom is 0.182 e. The van der Waals surface area contributed by atoms with E-state index in [1.807, 2.05) is 0 Å². The van der Waals surface area contributed by atoms with Gasteiger partial charge in [0.05, 0.1) is 0 Å². The van der Waals surface area contributed by atoms with Gasteiger partial charge in [0.15, 0.2) is 8.24 Å². The lowest BCUT2D eigenvalue weighted by atomic mass is 10.4. The van der Waals surface area contributed by atoms with Gasteiger partial charge in [-0.05, 0) is 17.8 Å². The zero-order chi connectivity index (χ0) is 11.9. The van der Waals surface area contributed by atoms with Crippen molar-refractivity contribution in [3.05, 3.63) is 42.6 Å². The first-order chi connectivity index (χ1) is 7.79. The van der Waals surface area contributed by atoms with Crippen molar-refractivity contribution in [3.8, 4) is 0 Å². The number of benzene rings is 1. The van der Waals surface area contributed by atoms with Gasteiger partial charge in [0.1, 0.15) is 0 Å². The van der Waals surface area contributed by atoms with E-state index in [-0.39, 0.29) is 0 Å². The van der Waals surface area contributed by atoms with Crippen LogP contribution in [0.25, 0.3) is 0 Å².